The number of rotatable bonds is 4. The summed E-state index contributed by atoms with van der Waals surface area (Å²) in [6.07, 6.45) is 0. The van der Waals surface area contributed by atoms with E-state index in [4.69, 9.17) is 5.26 Å². The van der Waals surface area contributed by atoms with Gasteiger partial charge in [0, 0.05) is 18.2 Å². The highest BCUT2D eigenvalue weighted by Crippen LogP contribution is 2.22. The second-order valence-electron chi connectivity index (χ2n) is 5.02. The quantitative estimate of drug-likeness (QED) is 0.669. The van der Waals surface area contributed by atoms with Crippen LogP contribution in [0.4, 0.5) is 11.4 Å². The Hall–Kier alpha value is -3.54. The van der Waals surface area contributed by atoms with Gasteiger partial charge in [0.2, 0.25) is 5.91 Å². The number of carbonyl (C=O) groups is 1. The molecule has 0 fully saturated rings. The molecule has 1 aromatic heterocycles. The maximum Gasteiger partial charge on any atom is 0.270 e. The summed E-state index contributed by atoms with van der Waals surface area (Å²) in [6.45, 7) is 3.17. The number of carbonyl (C=O) groups excluding carboxylic acids is 1. The maximum absolute atomic E-state index is 12.3. The molecule has 0 aliphatic rings. The predicted octanol–water partition coefficient (Wildman–Crippen LogP) is 1.53. The van der Waals surface area contributed by atoms with E-state index in [1.165, 1.54) is 31.2 Å². The third kappa shape index (κ3) is 3.44. The topological polar surface area (TPSA) is 131 Å². The molecule has 0 saturated carbocycles. The normalized spacial score (nSPS) is 11.4. The molecule has 9 nitrogen and oxygen atoms in total. The fraction of sp³-hybridized carbons (Fsp3) is 0.200. The number of nitro groups is 1. The van der Waals surface area contributed by atoms with Gasteiger partial charge in [0.25, 0.3) is 11.2 Å². The lowest BCUT2D eigenvalue weighted by molar-refractivity contribution is -0.384. The highest BCUT2D eigenvalue weighted by molar-refractivity contribution is 5.94. The van der Waals surface area contributed by atoms with Gasteiger partial charge in [0.1, 0.15) is 12.1 Å². The first-order valence-electron chi connectivity index (χ1n) is 6.89. The number of nitro benzene ring substituents is 1. The van der Waals surface area contributed by atoms with Crippen molar-refractivity contribution in [2.24, 2.45) is 0 Å². The number of nitrogens with one attached hydrogen (secondary N) is 1. The Balaban J connectivity index is 2.29. The van der Waals surface area contributed by atoms with Crippen molar-refractivity contribution in [3.63, 3.8) is 0 Å². The third-order valence-electron chi connectivity index (χ3n) is 3.30. The standard InChI is InChI=1S/C15H13N5O4/c1-9-3-6-14(21)19(18-9)10(2)15(22)17-13-5-4-12(20(23)24)7-11(13)8-16/h3-7,10H,1-2H3,(H,17,22). The van der Waals surface area contributed by atoms with Crippen LogP contribution in [0.3, 0.4) is 0 Å². The molecule has 0 saturated heterocycles. The molecular weight excluding hydrogens is 314 g/mol. The molecule has 1 amide bonds. The molecule has 1 aromatic carbocycles. The van der Waals surface area contributed by atoms with Gasteiger partial charge in [-0.2, -0.15) is 10.4 Å². The van der Waals surface area contributed by atoms with Crippen molar-refractivity contribution < 1.29 is 9.72 Å². The number of non-ortho nitro benzene ring substituents is 1. The summed E-state index contributed by atoms with van der Waals surface area (Å²) >= 11 is 0. The lowest BCUT2D eigenvalue weighted by Gasteiger charge is -2.14. The number of nitrogens with zero attached hydrogens (tertiary/aromatic N) is 4. The van der Waals surface area contributed by atoms with E-state index in [9.17, 15) is 19.7 Å². The highest BCUT2D eigenvalue weighted by atomic mass is 16.6. The number of benzene rings is 1. The van der Waals surface area contributed by atoms with Crippen LogP contribution in [0.5, 0.6) is 0 Å². The maximum atomic E-state index is 12.3. The minimum atomic E-state index is -0.917. The van der Waals surface area contributed by atoms with Gasteiger partial charge in [-0.15, -0.1) is 0 Å². The molecule has 0 aliphatic heterocycles. The lowest BCUT2D eigenvalue weighted by atomic mass is 10.1. The number of nitriles is 1. The van der Waals surface area contributed by atoms with Crippen molar-refractivity contribution in [3.05, 3.63) is 62.1 Å². The van der Waals surface area contributed by atoms with Crippen LogP contribution in [-0.2, 0) is 4.79 Å². The molecule has 0 bridgehead atoms. The number of aromatic nitrogens is 2. The zero-order chi connectivity index (χ0) is 17.9. The summed E-state index contributed by atoms with van der Waals surface area (Å²) in [4.78, 5) is 34.2. The Bertz CT molecular complexity index is 913. The molecule has 0 radical (unpaired) electrons. The van der Waals surface area contributed by atoms with Crippen LogP contribution in [0.2, 0.25) is 0 Å². The van der Waals surface area contributed by atoms with Gasteiger partial charge in [0.15, 0.2) is 0 Å². The van der Waals surface area contributed by atoms with Crippen LogP contribution in [0.25, 0.3) is 0 Å². The Kier molecular flexibility index (Phi) is 4.70. The van der Waals surface area contributed by atoms with Crippen molar-refractivity contribution in [2.75, 3.05) is 5.32 Å². The zero-order valence-electron chi connectivity index (χ0n) is 12.9. The van der Waals surface area contributed by atoms with E-state index in [1.807, 2.05) is 0 Å². The minimum absolute atomic E-state index is 0.0469. The molecule has 2 rings (SSSR count). The van der Waals surface area contributed by atoms with E-state index >= 15 is 0 Å². The summed E-state index contributed by atoms with van der Waals surface area (Å²) in [5, 5.41) is 26.3. The summed E-state index contributed by atoms with van der Waals surface area (Å²) in [5.41, 5.74) is -0.0427. The average molecular weight is 327 g/mol. The van der Waals surface area contributed by atoms with Crippen LogP contribution in [0, 0.1) is 28.4 Å². The summed E-state index contributed by atoms with van der Waals surface area (Å²) in [5.74, 6) is -0.569. The first-order chi connectivity index (χ1) is 11.3. The monoisotopic (exact) mass is 327 g/mol. The molecule has 2 aromatic rings. The first-order valence-corrected chi connectivity index (χ1v) is 6.89. The van der Waals surface area contributed by atoms with Crippen LogP contribution < -0.4 is 10.9 Å². The molecular formula is C15H13N5O4. The third-order valence-corrected chi connectivity index (χ3v) is 3.30. The van der Waals surface area contributed by atoms with E-state index in [-0.39, 0.29) is 16.9 Å². The van der Waals surface area contributed by atoms with Gasteiger partial charge in [-0.25, -0.2) is 4.68 Å². The van der Waals surface area contributed by atoms with Gasteiger partial charge in [0.05, 0.1) is 21.9 Å². The SMILES string of the molecule is Cc1ccc(=O)n(C(C)C(=O)Nc2ccc([N+](=O)[O-])cc2C#N)n1. The zero-order valence-corrected chi connectivity index (χ0v) is 12.9. The van der Waals surface area contributed by atoms with Gasteiger partial charge in [-0.3, -0.25) is 19.7 Å². The summed E-state index contributed by atoms with van der Waals surface area (Å²) in [6, 6.07) is 7.23. The van der Waals surface area contributed by atoms with E-state index < -0.39 is 22.4 Å². The largest absolute Gasteiger partial charge is 0.323 e. The Morgan fingerprint density at radius 2 is 2.12 bits per heavy atom. The van der Waals surface area contributed by atoms with E-state index in [0.29, 0.717) is 5.69 Å². The van der Waals surface area contributed by atoms with Gasteiger partial charge < -0.3 is 5.32 Å². The number of aryl methyl sites for hydroxylation is 1. The second-order valence-corrected chi connectivity index (χ2v) is 5.02. The average Bonchev–Trinajstić information content (AvgIpc) is 2.56. The Morgan fingerprint density at radius 3 is 2.75 bits per heavy atom. The fourth-order valence-corrected chi connectivity index (χ4v) is 1.99. The highest BCUT2D eigenvalue weighted by Gasteiger charge is 2.19. The predicted molar refractivity (Wildman–Crippen MR) is 84.4 cm³/mol. The molecule has 0 aliphatic carbocycles. The van der Waals surface area contributed by atoms with Crippen LogP contribution >= 0.6 is 0 Å². The van der Waals surface area contributed by atoms with Crippen molar-refractivity contribution in [2.45, 2.75) is 19.9 Å². The Morgan fingerprint density at radius 1 is 1.42 bits per heavy atom. The second kappa shape index (κ2) is 6.70. The fourth-order valence-electron chi connectivity index (χ4n) is 1.99. The van der Waals surface area contributed by atoms with Gasteiger partial charge in [-0.05, 0) is 26.0 Å². The summed E-state index contributed by atoms with van der Waals surface area (Å²) < 4.78 is 1.03. The minimum Gasteiger partial charge on any atom is -0.323 e. The molecule has 9 heteroatoms. The molecule has 122 valence electrons. The number of hydrogen-bond donors (Lipinski definition) is 1. The number of amides is 1. The molecule has 1 heterocycles. The van der Waals surface area contributed by atoms with Crippen LogP contribution in [0.1, 0.15) is 24.2 Å². The van der Waals surface area contributed by atoms with Crippen LogP contribution in [0.15, 0.2) is 35.1 Å². The summed E-state index contributed by atoms with van der Waals surface area (Å²) in [7, 11) is 0. The number of hydrogen-bond acceptors (Lipinski definition) is 6. The van der Waals surface area contributed by atoms with Gasteiger partial charge >= 0.3 is 0 Å². The van der Waals surface area contributed by atoms with Crippen molar-refractivity contribution in [1.82, 2.24) is 9.78 Å². The van der Waals surface area contributed by atoms with Crippen molar-refractivity contribution in [1.29, 1.82) is 5.26 Å². The smallest absolute Gasteiger partial charge is 0.270 e. The van der Waals surface area contributed by atoms with Gasteiger partial charge in [-0.1, -0.05) is 0 Å². The van der Waals surface area contributed by atoms with Crippen LogP contribution in [-0.4, -0.2) is 20.6 Å². The molecule has 24 heavy (non-hydrogen) atoms. The lowest BCUT2D eigenvalue weighted by Crippen LogP contribution is -2.33. The molecule has 0 spiro atoms. The van der Waals surface area contributed by atoms with Crippen molar-refractivity contribution >= 4 is 17.3 Å². The first kappa shape index (κ1) is 16.8. The van der Waals surface area contributed by atoms with E-state index in [0.717, 1.165) is 10.7 Å². The van der Waals surface area contributed by atoms with E-state index in [2.05, 4.69) is 10.4 Å². The van der Waals surface area contributed by atoms with E-state index in [1.54, 1.807) is 13.0 Å². The number of anilines is 1. The molecule has 1 N–H and O–H groups in total. The Labute approximate surface area is 136 Å². The molecule has 1 atom stereocenters. The van der Waals surface area contributed by atoms with Crippen molar-refractivity contribution in [3.8, 4) is 6.07 Å². The molecule has 1 unspecified atom stereocenters.